The minimum Gasteiger partial charge on any atom is -0.310 e. The van der Waals surface area contributed by atoms with Crippen molar-refractivity contribution >= 4 is 0 Å². The summed E-state index contributed by atoms with van der Waals surface area (Å²) in [5.74, 6) is 0.471. The topological polar surface area (TPSA) is 24.9 Å². The van der Waals surface area contributed by atoms with Gasteiger partial charge in [0.05, 0.1) is 5.69 Å². The number of nitrogens with zero attached hydrogens (tertiary/aromatic N) is 1. The number of fused-ring (bicyclic) bond motifs is 1. The summed E-state index contributed by atoms with van der Waals surface area (Å²) in [5.41, 5.74) is 5.48. The van der Waals surface area contributed by atoms with Gasteiger partial charge in [0, 0.05) is 18.2 Å². The molecule has 2 atom stereocenters. The fourth-order valence-corrected chi connectivity index (χ4v) is 3.37. The normalized spacial score (nSPS) is 19.0. The molecule has 2 nitrogen and oxygen atoms in total. The maximum Gasteiger partial charge on any atom is 0.0510 e. The fraction of sp³-hybridized carbons (Fsp3) is 0.421. The quantitative estimate of drug-likeness (QED) is 0.907. The number of hydrogen-bond acceptors (Lipinski definition) is 2. The molecule has 2 unspecified atom stereocenters. The molecule has 0 saturated carbocycles. The van der Waals surface area contributed by atoms with E-state index in [9.17, 15) is 0 Å². The Morgan fingerprint density at radius 1 is 1.24 bits per heavy atom. The van der Waals surface area contributed by atoms with Gasteiger partial charge in [-0.15, -0.1) is 0 Å². The predicted molar refractivity (Wildman–Crippen MR) is 87.6 cm³/mol. The highest BCUT2D eigenvalue weighted by atomic mass is 14.9. The molecule has 110 valence electrons. The van der Waals surface area contributed by atoms with Crippen molar-refractivity contribution in [2.75, 3.05) is 6.54 Å². The molecule has 0 fully saturated rings. The Morgan fingerprint density at radius 2 is 2.05 bits per heavy atom. The van der Waals surface area contributed by atoms with Gasteiger partial charge >= 0.3 is 0 Å². The molecule has 2 aromatic rings. The molecule has 0 aliphatic heterocycles. The first-order chi connectivity index (χ1) is 10.3. The van der Waals surface area contributed by atoms with Gasteiger partial charge in [0.2, 0.25) is 0 Å². The van der Waals surface area contributed by atoms with Gasteiger partial charge in [-0.25, -0.2) is 0 Å². The summed E-state index contributed by atoms with van der Waals surface area (Å²) in [7, 11) is 0. The van der Waals surface area contributed by atoms with Crippen LogP contribution >= 0.6 is 0 Å². The van der Waals surface area contributed by atoms with E-state index in [0.29, 0.717) is 12.0 Å². The van der Waals surface area contributed by atoms with Crippen molar-refractivity contribution in [3.8, 4) is 0 Å². The van der Waals surface area contributed by atoms with Crippen LogP contribution in [0.15, 0.2) is 42.6 Å². The molecule has 0 amide bonds. The van der Waals surface area contributed by atoms with Crippen molar-refractivity contribution in [2.24, 2.45) is 0 Å². The van der Waals surface area contributed by atoms with E-state index in [1.54, 1.807) is 0 Å². The van der Waals surface area contributed by atoms with Crippen LogP contribution in [0.2, 0.25) is 0 Å². The van der Waals surface area contributed by atoms with Gasteiger partial charge in [0.15, 0.2) is 0 Å². The molecule has 1 aliphatic carbocycles. The van der Waals surface area contributed by atoms with E-state index in [4.69, 9.17) is 0 Å². The molecule has 0 radical (unpaired) electrons. The maximum absolute atomic E-state index is 4.65. The smallest absolute Gasteiger partial charge is 0.0510 e. The number of hydrogen-bond donors (Lipinski definition) is 1. The minimum absolute atomic E-state index is 0.417. The molecule has 1 aliphatic rings. The zero-order valence-electron chi connectivity index (χ0n) is 13.0. The lowest BCUT2D eigenvalue weighted by atomic mass is 9.82. The molecule has 0 saturated heterocycles. The molecule has 2 heteroatoms. The molecular formula is C19H24N2. The van der Waals surface area contributed by atoms with Gasteiger partial charge in [-0.2, -0.15) is 0 Å². The third kappa shape index (κ3) is 3.01. The largest absolute Gasteiger partial charge is 0.310 e. The summed E-state index contributed by atoms with van der Waals surface area (Å²) >= 11 is 0. The van der Waals surface area contributed by atoms with Gasteiger partial charge in [0.1, 0.15) is 0 Å². The van der Waals surface area contributed by atoms with Crippen molar-refractivity contribution < 1.29 is 0 Å². The van der Waals surface area contributed by atoms with Crippen LogP contribution in [0.25, 0.3) is 0 Å². The molecule has 21 heavy (non-hydrogen) atoms. The Hall–Kier alpha value is -1.67. The molecule has 3 rings (SSSR count). The van der Waals surface area contributed by atoms with E-state index in [0.717, 1.165) is 6.54 Å². The number of rotatable bonds is 4. The lowest BCUT2D eigenvalue weighted by Gasteiger charge is -2.25. The number of benzene rings is 1. The third-order valence-corrected chi connectivity index (χ3v) is 4.54. The Kier molecular flexibility index (Phi) is 4.35. The Balaban J connectivity index is 1.85. The van der Waals surface area contributed by atoms with Crippen LogP contribution in [-0.2, 0) is 6.42 Å². The Morgan fingerprint density at radius 3 is 2.81 bits per heavy atom. The summed E-state index contributed by atoms with van der Waals surface area (Å²) in [6, 6.07) is 13.8. The second-order valence-electron chi connectivity index (χ2n) is 5.94. The van der Waals surface area contributed by atoms with Crippen molar-refractivity contribution in [2.45, 2.75) is 45.1 Å². The van der Waals surface area contributed by atoms with Crippen LogP contribution in [0.1, 0.15) is 61.0 Å². The maximum atomic E-state index is 4.65. The van der Waals surface area contributed by atoms with Crippen LogP contribution in [0, 0.1) is 0 Å². The van der Waals surface area contributed by atoms with Crippen LogP contribution in [0.4, 0.5) is 0 Å². The summed E-state index contributed by atoms with van der Waals surface area (Å²) in [5, 5.41) is 3.46. The summed E-state index contributed by atoms with van der Waals surface area (Å²) in [4.78, 5) is 4.65. The summed E-state index contributed by atoms with van der Waals surface area (Å²) in [6.07, 6.45) is 5.58. The zero-order chi connectivity index (χ0) is 14.7. The lowest BCUT2D eigenvalue weighted by molar-refractivity contribution is 0.591. The van der Waals surface area contributed by atoms with E-state index in [1.165, 1.54) is 41.6 Å². The minimum atomic E-state index is 0.417. The van der Waals surface area contributed by atoms with Gasteiger partial charge in [-0.05, 0) is 55.5 Å². The zero-order valence-corrected chi connectivity index (χ0v) is 13.0. The van der Waals surface area contributed by atoms with Crippen LogP contribution in [-0.4, -0.2) is 11.5 Å². The molecule has 1 aromatic carbocycles. The van der Waals surface area contributed by atoms with Crippen LogP contribution in [0.3, 0.4) is 0 Å². The second-order valence-corrected chi connectivity index (χ2v) is 5.94. The van der Waals surface area contributed by atoms with Gasteiger partial charge in [0.25, 0.3) is 0 Å². The average Bonchev–Trinajstić information content (AvgIpc) is 2.55. The average molecular weight is 280 g/mol. The van der Waals surface area contributed by atoms with E-state index in [1.807, 2.05) is 6.20 Å². The first kappa shape index (κ1) is 14.3. The number of nitrogens with one attached hydrogen (secondary N) is 1. The lowest BCUT2D eigenvalue weighted by Crippen LogP contribution is -2.18. The Bertz CT molecular complexity index is 589. The van der Waals surface area contributed by atoms with Gasteiger partial charge in [-0.3, -0.25) is 4.98 Å². The summed E-state index contributed by atoms with van der Waals surface area (Å²) in [6.45, 7) is 5.37. The monoisotopic (exact) mass is 280 g/mol. The molecular weight excluding hydrogens is 256 g/mol. The van der Waals surface area contributed by atoms with Crippen LogP contribution in [0.5, 0.6) is 0 Å². The van der Waals surface area contributed by atoms with E-state index in [-0.39, 0.29) is 0 Å². The van der Waals surface area contributed by atoms with Gasteiger partial charge in [-0.1, -0.05) is 37.3 Å². The highest BCUT2D eigenvalue weighted by Gasteiger charge is 2.22. The first-order valence-electron chi connectivity index (χ1n) is 8.06. The molecule has 0 bridgehead atoms. The predicted octanol–water partition coefficient (Wildman–Crippen LogP) is 4.22. The highest BCUT2D eigenvalue weighted by Crippen LogP contribution is 2.35. The van der Waals surface area contributed by atoms with E-state index < -0.39 is 0 Å². The molecule has 1 heterocycles. The highest BCUT2D eigenvalue weighted by molar-refractivity contribution is 5.37. The van der Waals surface area contributed by atoms with Gasteiger partial charge < -0.3 is 5.32 Å². The number of pyridine rings is 1. The second kappa shape index (κ2) is 6.40. The molecule has 1 aromatic heterocycles. The number of aryl methyl sites for hydroxylation is 1. The van der Waals surface area contributed by atoms with Crippen molar-refractivity contribution in [1.82, 2.24) is 10.3 Å². The fourth-order valence-electron chi connectivity index (χ4n) is 3.37. The van der Waals surface area contributed by atoms with Crippen molar-refractivity contribution in [3.63, 3.8) is 0 Å². The molecule has 0 spiro atoms. The number of aromatic nitrogens is 1. The van der Waals surface area contributed by atoms with Crippen LogP contribution < -0.4 is 5.32 Å². The Labute approximate surface area is 127 Å². The standard InChI is InChI=1S/C19H24N2/c1-3-20-14(2)15-9-11-16(12-10-15)18-8-4-6-17-7-5-13-21-19(17)18/h5,7,9-14,18,20H,3-4,6,8H2,1-2H3. The van der Waals surface area contributed by atoms with Crippen molar-refractivity contribution in [3.05, 3.63) is 65.0 Å². The first-order valence-corrected chi connectivity index (χ1v) is 8.06. The van der Waals surface area contributed by atoms with E-state index in [2.05, 4.69) is 60.5 Å². The third-order valence-electron chi connectivity index (χ3n) is 4.54. The molecule has 1 N–H and O–H groups in total. The van der Waals surface area contributed by atoms with Crippen molar-refractivity contribution in [1.29, 1.82) is 0 Å². The summed E-state index contributed by atoms with van der Waals surface area (Å²) < 4.78 is 0. The SMILES string of the molecule is CCNC(C)c1ccc(C2CCCc3cccnc32)cc1. The van der Waals surface area contributed by atoms with E-state index >= 15 is 0 Å².